The van der Waals surface area contributed by atoms with Gasteiger partial charge in [-0.3, -0.25) is 0 Å². The molecule has 2 atom stereocenters. The Hall–Kier alpha value is -0.730. The van der Waals surface area contributed by atoms with E-state index in [1.807, 2.05) is 25.1 Å². The molecule has 1 aliphatic carbocycles. The molecule has 0 aliphatic heterocycles. The van der Waals surface area contributed by atoms with Gasteiger partial charge < -0.3 is 10.4 Å². The summed E-state index contributed by atoms with van der Waals surface area (Å²) in [5, 5.41) is 14.0. The van der Waals surface area contributed by atoms with Crippen molar-refractivity contribution in [2.24, 2.45) is 0 Å². The summed E-state index contributed by atoms with van der Waals surface area (Å²) in [4.78, 5) is 0. The van der Waals surface area contributed by atoms with Gasteiger partial charge in [0.2, 0.25) is 0 Å². The normalized spacial score (nSPS) is 25.4. The average Bonchev–Trinajstić information content (AvgIpc) is 2.26. The zero-order chi connectivity index (χ0) is 11.5. The highest BCUT2D eigenvalue weighted by atomic mass is 35.5. The molecular formula is C13H18ClNO. The molecule has 1 aromatic carbocycles. The Morgan fingerprint density at radius 3 is 2.75 bits per heavy atom. The van der Waals surface area contributed by atoms with Gasteiger partial charge in [-0.1, -0.05) is 36.6 Å². The van der Waals surface area contributed by atoms with Crippen molar-refractivity contribution < 1.29 is 5.11 Å². The van der Waals surface area contributed by atoms with Gasteiger partial charge in [0.1, 0.15) is 0 Å². The highest BCUT2D eigenvalue weighted by molar-refractivity contribution is 6.33. The van der Waals surface area contributed by atoms with Gasteiger partial charge in [0.25, 0.3) is 0 Å². The van der Waals surface area contributed by atoms with Crippen LogP contribution in [0.5, 0.6) is 0 Å². The van der Waals surface area contributed by atoms with E-state index in [-0.39, 0.29) is 12.1 Å². The van der Waals surface area contributed by atoms with Gasteiger partial charge in [-0.25, -0.2) is 0 Å². The summed E-state index contributed by atoms with van der Waals surface area (Å²) in [6.45, 7) is 2.03. The van der Waals surface area contributed by atoms with E-state index < -0.39 is 0 Å². The quantitative estimate of drug-likeness (QED) is 0.830. The lowest BCUT2D eigenvalue weighted by Crippen LogP contribution is -2.36. The Bertz CT molecular complexity index is 347. The van der Waals surface area contributed by atoms with Crippen LogP contribution in [0.15, 0.2) is 18.2 Å². The molecule has 1 saturated carbocycles. The number of rotatable bonds is 2. The van der Waals surface area contributed by atoms with Crippen molar-refractivity contribution in [1.29, 1.82) is 0 Å². The number of para-hydroxylation sites is 1. The molecule has 1 aromatic rings. The third-order valence-electron chi connectivity index (χ3n) is 3.28. The van der Waals surface area contributed by atoms with E-state index in [1.165, 1.54) is 6.42 Å². The molecule has 0 bridgehead atoms. The Labute approximate surface area is 102 Å². The molecule has 2 N–H and O–H groups in total. The lowest BCUT2D eigenvalue weighted by atomic mass is 9.92. The number of aliphatic hydroxyl groups excluding tert-OH is 1. The van der Waals surface area contributed by atoms with Crippen LogP contribution in [-0.4, -0.2) is 17.3 Å². The zero-order valence-corrected chi connectivity index (χ0v) is 10.3. The van der Waals surface area contributed by atoms with Crippen LogP contribution in [0.3, 0.4) is 0 Å². The van der Waals surface area contributed by atoms with E-state index in [2.05, 4.69) is 5.32 Å². The van der Waals surface area contributed by atoms with Crippen molar-refractivity contribution in [2.75, 3.05) is 5.32 Å². The SMILES string of the molecule is Cc1cccc(Cl)c1NC1CCCCC1O. The van der Waals surface area contributed by atoms with Crippen molar-refractivity contribution >= 4 is 17.3 Å². The van der Waals surface area contributed by atoms with E-state index in [4.69, 9.17) is 11.6 Å². The maximum absolute atomic E-state index is 9.91. The highest BCUT2D eigenvalue weighted by Crippen LogP contribution is 2.29. The van der Waals surface area contributed by atoms with E-state index in [0.29, 0.717) is 0 Å². The molecular weight excluding hydrogens is 222 g/mol. The van der Waals surface area contributed by atoms with E-state index in [0.717, 1.165) is 35.5 Å². The fourth-order valence-corrected chi connectivity index (χ4v) is 2.56. The van der Waals surface area contributed by atoms with Gasteiger partial charge >= 0.3 is 0 Å². The third kappa shape index (κ3) is 2.50. The molecule has 0 saturated heterocycles. The van der Waals surface area contributed by atoms with Crippen LogP contribution in [0, 0.1) is 6.92 Å². The summed E-state index contributed by atoms with van der Waals surface area (Å²) in [6.07, 6.45) is 3.97. The summed E-state index contributed by atoms with van der Waals surface area (Å²) in [5.74, 6) is 0. The Morgan fingerprint density at radius 1 is 1.31 bits per heavy atom. The number of aliphatic hydroxyl groups is 1. The van der Waals surface area contributed by atoms with Crippen LogP contribution in [0.2, 0.25) is 5.02 Å². The second-order valence-electron chi connectivity index (χ2n) is 4.53. The number of aryl methyl sites for hydroxylation is 1. The molecule has 0 heterocycles. The van der Waals surface area contributed by atoms with E-state index >= 15 is 0 Å². The lowest BCUT2D eigenvalue weighted by molar-refractivity contribution is 0.116. The molecule has 0 aromatic heterocycles. The fraction of sp³-hybridized carbons (Fsp3) is 0.538. The molecule has 2 nitrogen and oxygen atoms in total. The molecule has 2 unspecified atom stereocenters. The second kappa shape index (κ2) is 5.07. The molecule has 0 spiro atoms. The smallest absolute Gasteiger partial charge is 0.0741 e. The molecule has 88 valence electrons. The first-order valence-corrected chi connectivity index (χ1v) is 6.26. The summed E-state index contributed by atoms with van der Waals surface area (Å²) in [7, 11) is 0. The molecule has 1 fully saturated rings. The number of anilines is 1. The van der Waals surface area contributed by atoms with Crippen LogP contribution in [0.1, 0.15) is 31.2 Å². The van der Waals surface area contributed by atoms with Gasteiger partial charge in [-0.05, 0) is 31.4 Å². The predicted molar refractivity (Wildman–Crippen MR) is 68.1 cm³/mol. The summed E-state index contributed by atoms with van der Waals surface area (Å²) in [6, 6.07) is 6.00. The Morgan fingerprint density at radius 2 is 2.06 bits per heavy atom. The van der Waals surface area contributed by atoms with Crippen LogP contribution >= 0.6 is 11.6 Å². The van der Waals surface area contributed by atoms with Crippen LogP contribution in [0.25, 0.3) is 0 Å². The molecule has 1 aliphatic rings. The second-order valence-corrected chi connectivity index (χ2v) is 4.94. The van der Waals surface area contributed by atoms with Gasteiger partial charge in [0.05, 0.1) is 22.9 Å². The first kappa shape index (κ1) is 11.7. The number of hydrogen-bond donors (Lipinski definition) is 2. The van der Waals surface area contributed by atoms with Crippen molar-refractivity contribution in [3.63, 3.8) is 0 Å². The topological polar surface area (TPSA) is 32.3 Å². The van der Waals surface area contributed by atoms with Gasteiger partial charge in [-0.2, -0.15) is 0 Å². The lowest BCUT2D eigenvalue weighted by Gasteiger charge is -2.30. The maximum atomic E-state index is 9.91. The molecule has 0 amide bonds. The third-order valence-corrected chi connectivity index (χ3v) is 3.60. The number of halogens is 1. The predicted octanol–water partition coefficient (Wildman–Crippen LogP) is 3.36. The first-order chi connectivity index (χ1) is 7.68. The molecule has 16 heavy (non-hydrogen) atoms. The molecule has 2 rings (SSSR count). The minimum atomic E-state index is -0.246. The Balaban J connectivity index is 2.13. The summed E-state index contributed by atoms with van der Waals surface area (Å²) < 4.78 is 0. The van der Waals surface area contributed by atoms with Crippen molar-refractivity contribution in [2.45, 2.75) is 44.8 Å². The number of nitrogens with one attached hydrogen (secondary N) is 1. The van der Waals surface area contributed by atoms with Crippen LogP contribution in [-0.2, 0) is 0 Å². The average molecular weight is 240 g/mol. The van der Waals surface area contributed by atoms with Crippen LogP contribution < -0.4 is 5.32 Å². The highest BCUT2D eigenvalue weighted by Gasteiger charge is 2.23. The number of benzene rings is 1. The monoisotopic (exact) mass is 239 g/mol. The summed E-state index contributed by atoms with van der Waals surface area (Å²) in [5.41, 5.74) is 2.10. The van der Waals surface area contributed by atoms with E-state index in [1.54, 1.807) is 0 Å². The van der Waals surface area contributed by atoms with Crippen molar-refractivity contribution in [1.82, 2.24) is 0 Å². The standard InChI is InChI=1S/C13H18ClNO/c1-9-5-4-6-10(14)13(9)15-11-7-2-3-8-12(11)16/h4-6,11-12,15-16H,2-3,7-8H2,1H3. The summed E-state index contributed by atoms with van der Waals surface area (Å²) >= 11 is 6.15. The van der Waals surface area contributed by atoms with Gasteiger partial charge in [-0.15, -0.1) is 0 Å². The van der Waals surface area contributed by atoms with E-state index in [9.17, 15) is 5.11 Å². The van der Waals surface area contributed by atoms with Gasteiger partial charge in [0, 0.05) is 0 Å². The first-order valence-electron chi connectivity index (χ1n) is 5.88. The Kier molecular flexibility index (Phi) is 3.72. The zero-order valence-electron chi connectivity index (χ0n) is 9.54. The minimum Gasteiger partial charge on any atom is -0.391 e. The number of hydrogen-bond acceptors (Lipinski definition) is 2. The fourth-order valence-electron chi connectivity index (χ4n) is 2.28. The molecule has 3 heteroatoms. The van der Waals surface area contributed by atoms with Crippen molar-refractivity contribution in [3.05, 3.63) is 28.8 Å². The van der Waals surface area contributed by atoms with Gasteiger partial charge in [0.15, 0.2) is 0 Å². The maximum Gasteiger partial charge on any atom is 0.0741 e. The minimum absolute atomic E-state index is 0.146. The molecule has 0 radical (unpaired) electrons. The van der Waals surface area contributed by atoms with Crippen molar-refractivity contribution in [3.8, 4) is 0 Å². The van der Waals surface area contributed by atoms with Crippen LogP contribution in [0.4, 0.5) is 5.69 Å². The largest absolute Gasteiger partial charge is 0.391 e.